The van der Waals surface area contributed by atoms with Gasteiger partial charge in [0.25, 0.3) is 5.72 Å². The summed E-state index contributed by atoms with van der Waals surface area (Å²) in [7, 11) is 0. The first-order valence-corrected chi connectivity index (χ1v) is 17.3. The number of hydrogen-bond donors (Lipinski definition) is 2. The van der Waals surface area contributed by atoms with E-state index in [1.807, 2.05) is 97.2 Å². The number of benzene rings is 4. The van der Waals surface area contributed by atoms with Gasteiger partial charge in [-0.25, -0.2) is 9.97 Å². The molecule has 1 aliphatic heterocycles. The minimum Gasteiger partial charge on any atom is -0.453 e. The predicted octanol–water partition coefficient (Wildman–Crippen LogP) is 9.40. The van der Waals surface area contributed by atoms with E-state index in [-0.39, 0.29) is 0 Å². The molecule has 0 radical (unpaired) electrons. The SMILES string of the molecule is c1ccc(-c2c3c(c(-c4ncco4)c(-c4nccc5ccccc45)c2-c2ccc4ccccc4n2)NC(c2ccon2)(c2n[nH]c4ccccc24)O3)nc1. The fraction of sp³-hybridized carbons (Fsp3) is 0.0233. The summed E-state index contributed by atoms with van der Waals surface area (Å²) in [4.78, 5) is 20.1. The van der Waals surface area contributed by atoms with Crippen LogP contribution in [0.2, 0.25) is 0 Å². The van der Waals surface area contributed by atoms with Gasteiger partial charge in [-0.1, -0.05) is 78.0 Å². The maximum absolute atomic E-state index is 7.37. The monoisotopic (exact) mass is 702 g/mol. The number of hydrogen-bond acceptors (Lipinski definition) is 10. The van der Waals surface area contributed by atoms with Gasteiger partial charge in [0.15, 0.2) is 11.4 Å². The molecular formula is C43H26N8O3. The van der Waals surface area contributed by atoms with Crippen molar-refractivity contribution in [2.24, 2.45) is 0 Å². The Kier molecular flexibility index (Phi) is 6.49. The topological polar surface area (TPSA) is 141 Å². The van der Waals surface area contributed by atoms with Gasteiger partial charge in [0.2, 0.25) is 5.89 Å². The summed E-state index contributed by atoms with van der Waals surface area (Å²) in [6.07, 6.45) is 8.30. The highest BCUT2D eigenvalue weighted by atomic mass is 16.5. The van der Waals surface area contributed by atoms with Crippen LogP contribution in [-0.2, 0) is 5.72 Å². The van der Waals surface area contributed by atoms with Crippen LogP contribution in [0, 0.1) is 0 Å². The molecule has 10 aromatic rings. The van der Waals surface area contributed by atoms with Gasteiger partial charge in [0.05, 0.1) is 51.1 Å². The second-order valence-corrected chi connectivity index (χ2v) is 12.9. The highest BCUT2D eigenvalue weighted by molar-refractivity contribution is 6.12. The van der Waals surface area contributed by atoms with Crippen LogP contribution in [0.1, 0.15) is 11.4 Å². The van der Waals surface area contributed by atoms with Gasteiger partial charge < -0.3 is 19.0 Å². The van der Waals surface area contributed by atoms with E-state index in [9.17, 15) is 0 Å². The van der Waals surface area contributed by atoms with Gasteiger partial charge in [0, 0.05) is 45.7 Å². The average Bonchev–Trinajstić information content (AvgIpc) is 4.07. The summed E-state index contributed by atoms with van der Waals surface area (Å²) in [6, 6.07) is 37.8. The number of rotatable bonds is 6. The van der Waals surface area contributed by atoms with Crippen LogP contribution in [-0.4, -0.2) is 35.3 Å². The molecule has 11 heteroatoms. The maximum Gasteiger partial charge on any atom is 0.273 e. The van der Waals surface area contributed by atoms with Gasteiger partial charge >= 0.3 is 0 Å². The minimum absolute atomic E-state index is 0.351. The molecular weight excluding hydrogens is 677 g/mol. The van der Waals surface area contributed by atoms with Gasteiger partial charge in [-0.15, -0.1) is 0 Å². The number of aromatic amines is 1. The molecule has 0 saturated heterocycles. The van der Waals surface area contributed by atoms with Crippen molar-refractivity contribution in [3.63, 3.8) is 0 Å². The number of nitrogens with zero attached hydrogens (tertiary/aromatic N) is 6. The summed E-state index contributed by atoms with van der Waals surface area (Å²) in [5.41, 5.74) is 6.60. The largest absolute Gasteiger partial charge is 0.453 e. The first-order valence-electron chi connectivity index (χ1n) is 17.3. The molecule has 54 heavy (non-hydrogen) atoms. The van der Waals surface area contributed by atoms with Crippen LogP contribution in [0.5, 0.6) is 5.75 Å². The van der Waals surface area contributed by atoms with Gasteiger partial charge in [-0.3, -0.25) is 15.1 Å². The average molecular weight is 703 g/mol. The van der Waals surface area contributed by atoms with Crippen molar-refractivity contribution in [2.45, 2.75) is 5.72 Å². The molecule has 0 fully saturated rings. The molecule has 0 saturated carbocycles. The molecule has 1 unspecified atom stereocenters. The summed E-state index contributed by atoms with van der Waals surface area (Å²) in [5, 5.41) is 20.1. The molecule has 0 bridgehead atoms. The van der Waals surface area contributed by atoms with Crippen molar-refractivity contribution < 1.29 is 13.7 Å². The minimum atomic E-state index is -1.47. The Morgan fingerprint density at radius 3 is 2.30 bits per heavy atom. The van der Waals surface area contributed by atoms with E-state index in [4.69, 9.17) is 38.7 Å². The molecule has 2 N–H and O–H groups in total. The fourth-order valence-electron chi connectivity index (χ4n) is 7.61. The summed E-state index contributed by atoms with van der Waals surface area (Å²) in [5.74, 6) is 0.829. The molecule has 7 heterocycles. The Morgan fingerprint density at radius 1 is 0.593 bits per heavy atom. The lowest BCUT2D eigenvalue weighted by atomic mass is 9.85. The quantitative estimate of drug-likeness (QED) is 0.172. The number of H-pyrrole nitrogens is 1. The van der Waals surface area contributed by atoms with Crippen molar-refractivity contribution in [1.29, 1.82) is 0 Å². The zero-order valence-electron chi connectivity index (χ0n) is 28.3. The Balaban J connectivity index is 1.34. The molecule has 6 aromatic heterocycles. The van der Waals surface area contributed by atoms with Crippen LogP contribution >= 0.6 is 0 Å². The van der Waals surface area contributed by atoms with Crippen molar-refractivity contribution in [3.8, 4) is 51.0 Å². The number of oxazole rings is 1. The molecule has 1 atom stereocenters. The second-order valence-electron chi connectivity index (χ2n) is 12.9. The zero-order valence-corrected chi connectivity index (χ0v) is 28.3. The third kappa shape index (κ3) is 4.42. The van der Waals surface area contributed by atoms with Crippen LogP contribution in [0.4, 0.5) is 5.69 Å². The third-order valence-corrected chi connectivity index (χ3v) is 9.94. The summed E-state index contributed by atoms with van der Waals surface area (Å²) < 4.78 is 19.1. The number of fused-ring (bicyclic) bond motifs is 4. The molecule has 0 aliphatic carbocycles. The zero-order chi connectivity index (χ0) is 35.6. The number of ether oxygens (including phenoxy) is 1. The van der Waals surface area contributed by atoms with Crippen LogP contribution in [0.15, 0.2) is 155 Å². The lowest BCUT2D eigenvalue weighted by Gasteiger charge is -2.25. The Hall–Kier alpha value is -7.66. The van der Waals surface area contributed by atoms with Crippen LogP contribution in [0.3, 0.4) is 0 Å². The molecule has 11 rings (SSSR count). The molecule has 0 spiro atoms. The third-order valence-electron chi connectivity index (χ3n) is 9.94. The first kappa shape index (κ1) is 30.0. The van der Waals surface area contributed by atoms with Gasteiger partial charge in [-0.05, 0) is 41.8 Å². The van der Waals surface area contributed by atoms with Crippen molar-refractivity contribution in [3.05, 3.63) is 158 Å². The highest BCUT2D eigenvalue weighted by Crippen LogP contribution is 2.60. The predicted molar refractivity (Wildman–Crippen MR) is 204 cm³/mol. The van der Waals surface area contributed by atoms with Crippen LogP contribution < -0.4 is 10.1 Å². The van der Waals surface area contributed by atoms with E-state index in [0.717, 1.165) is 43.7 Å². The molecule has 256 valence electrons. The Morgan fingerprint density at radius 2 is 1.44 bits per heavy atom. The lowest BCUT2D eigenvalue weighted by Crippen LogP contribution is -2.39. The Bertz CT molecular complexity index is 3010. The number of para-hydroxylation sites is 2. The standard InChI is InChI=1S/C43H26N8O3/c1-3-11-27-25(9-1)18-21-45-38(27)36-34(32-17-16-26-10-2-5-13-29(26)47-32)35(31-15-7-8-20-44-31)40-39(37(36)42-46-22-24-52-42)48-43(54-40,33-19-23-53-51-33)41-28-12-4-6-14-30(28)49-50-41/h1-24,48H,(H,49,50). The van der Waals surface area contributed by atoms with E-state index in [1.165, 1.54) is 6.26 Å². The van der Waals surface area contributed by atoms with E-state index in [1.54, 1.807) is 24.7 Å². The number of pyridine rings is 3. The molecule has 11 nitrogen and oxygen atoms in total. The number of aromatic nitrogens is 7. The number of nitrogens with one attached hydrogen (secondary N) is 2. The fourth-order valence-corrected chi connectivity index (χ4v) is 7.61. The molecule has 1 aliphatic rings. The van der Waals surface area contributed by atoms with Crippen molar-refractivity contribution in [2.75, 3.05) is 5.32 Å². The smallest absolute Gasteiger partial charge is 0.273 e. The number of anilines is 1. The first-order chi connectivity index (χ1) is 26.8. The molecule has 4 aromatic carbocycles. The van der Waals surface area contributed by atoms with Gasteiger partial charge in [-0.2, -0.15) is 5.10 Å². The van der Waals surface area contributed by atoms with E-state index < -0.39 is 5.72 Å². The van der Waals surface area contributed by atoms with E-state index in [0.29, 0.717) is 56.9 Å². The van der Waals surface area contributed by atoms with Crippen molar-refractivity contribution >= 4 is 38.3 Å². The summed E-state index contributed by atoms with van der Waals surface area (Å²) in [6.45, 7) is 0. The Labute approximate surface area is 306 Å². The maximum atomic E-state index is 7.37. The van der Waals surface area contributed by atoms with E-state index in [2.05, 4.69) is 33.8 Å². The lowest BCUT2D eigenvalue weighted by molar-refractivity contribution is 0.150. The van der Waals surface area contributed by atoms with Crippen molar-refractivity contribution in [1.82, 2.24) is 35.3 Å². The normalized spacial score (nSPS) is 15.0. The second kappa shape index (κ2) is 11.7. The van der Waals surface area contributed by atoms with Crippen LogP contribution in [0.25, 0.3) is 77.8 Å². The molecule has 0 amide bonds. The summed E-state index contributed by atoms with van der Waals surface area (Å²) >= 11 is 0. The highest BCUT2D eigenvalue weighted by Gasteiger charge is 2.51. The van der Waals surface area contributed by atoms with Gasteiger partial charge in [0.1, 0.15) is 18.2 Å². The van der Waals surface area contributed by atoms with E-state index >= 15 is 0 Å².